The first-order valence-electron chi connectivity index (χ1n) is 16.1. The molecular formula is C36H47N5O6. The number of aromatic hydroxyl groups is 1. The molecule has 0 saturated heterocycles. The van der Waals surface area contributed by atoms with E-state index in [0.717, 1.165) is 24.0 Å². The molecule has 47 heavy (non-hydrogen) atoms. The number of hydrogen-bond acceptors (Lipinski definition) is 7. The predicted molar refractivity (Wildman–Crippen MR) is 181 cm³/mol. The van der Waals surface area contributed by atoms with E-state index in [1.165, 1.54) is 30.3 Å². The third kappa shape index (κ3) is 11.5. The fourth-order valence-corrected chi connectivity index (χ4v) is 5.30. The Balaban J connectivity index is 1.88. The first-order valence-corrected chi connectivity index (χ1v) is 16.1. The van der Waals surface area contributed by atoms with Gasteiger partial charge in [-0.3, -0.25) is 24.6 Å². The number of primary amides is 1. The number of phenols is 1. The second-order valence-electron chi connectivity index (χ2n) is 11.6. The van der Waals surface area contributed by atoms with Crippen LogP contribution in [0.3, 0.4) is 0 Å². The molecule has 0 spiro atoms. The number of carbonyl (C=O) groups excluding carboxylic acids is 4. The third-order valence-electron chi connectivity index (χ3n) is 7.57. The van der Waals surface area contributed by atoms with Crippen LogP contribution in [0.2, 0.25) is 0 Å². The number of hydrogen-bond donors (Lipinski definition) is 5. The summed E-state index contributed by atoms with van der Waals surface area (Å²) in [6.45, 7) is 7.37. The smallest absolute Gasteiger partial charge is 0.253 e. The number of phenolic OH excluding ortho intramolecular Hbond substituents is 1. The largest absolute Gasteiger partial charge is 0.508 e. The van der Waals surface area contributed by atoms with Gasteiger partial charge < -0.3 is 26.2 Å². The molecule has 252 valence electrons. The van der Waals surface area contributed by atoms with Crippen LogP contribution in [0.15, 0.2) is 72.8 Å². The Morgan fingerprint density at radius 2 is 1.38 bits per heavy atom. The molecular weight excluding hydrogens is 598 g/mol. The highest BCUT2D eigenvalue weighted by atomic mass is 16.3. The van der Waals surface area contributed by atoms with Crippen LogP contribution in [0.5, 0.6) is 5.75 Å². The van der Waals surface area contributed by atoms with Gasteiger partial charge in [0.2, 0.25) is 11.8 Å². The summed E-state index contributed by atoms with van der Waals surface area (Å²) in [4.78, 5) is 53.9. The number of aliphatic hydroxyl groups is 1. The number of nitrogens with one attached hydrogen (secondary N) is 2. The summed E-state index contributed by atoms with van der Waals surface area (Å²) in [5, 5.41) is 25.8. The van der Waals surface area contributed by atoms with Crippen molar-refractivity contribution in [3.05, 3.63) is 101 Å². The fourth-order valence-electron chi connectivity index (χ4n) is 5.30. The molecule has 2 unspecified atom stereocenters. The number of carbonyl (C=O) groups is 4. The van der Waals surface area contributed by atoms with Crippen LogP contribution < -0.4 is 16.5 Å². The van der Waals surface area contributed by atoms with Crippen LogP contribution in [0.1, 0.15) is 82.2 Å². The lowest BCUT2D eigenvalue weighted by Gasteiger charge is -2.30. The minimum absolute atomic E-state index is 0.00541. The van der Waals surface area contributed by atoms with Gasteiger partial charge in [-0.2, -0.15) is 0 Å². The highest BCUT2D eigenvalue weighted by Crippen LogP contribution is 2.17. The topological polar surface area (TPSA) is 165 Å². The molecule has 0 bridgehead atoms. The molecule has 2 atom stereocenters. The quantitative estimate of drug-likeness (QED) is 0.132. The predicted octanol–water partition coefficient (Wildman–Crippen LogP) is 3.44. The molecule has 11 nitrogen and oxygen atoms in total. The van der Waals surface area contributed by atoms with Gasteiger partial charge in [-0.25, -0.2) is 5.01 Å². The van der Waals surface area contributed by atoms with Crippen LogP contribution in [-0.2, 0) is 17.6 Å². The number of nitrogens with zero attached hydrogens (tertiary/aromatic N) is 2. The first-order chi connectivity index (χ1) is 22.5. The van der Waals surface area contributed by atoms with Gasteiger partial charge in [0, 0.05) is 42.9 Å². The van der Waals surface area contributed by atoms with E-state index in [4.69, 9.17) is 5.73 Å². The minimum atomic E-state index is -1.15. The number of nitrogens with two attached hydrogens (primary N) is 1. The Labute approximate surface area is 276 Å². The summed E-state index contributed by atoms with van der Waals surface area (Å²) in [5.74, 6) is -1.87. The molecule has 3 aromatic carbocycles. The van der Waals surface area contributed by atoms with Gasteiger partial charge in [-0.15, -0.1) is 0 Å². The van der Waals surface area contributed by atoms with Crippen molar-refractivity contribution in [2.75, 3.05) is 26.2 Å². The number of aliphatic hydroxyl groups excluding tert-OH is 1. The Morgan fingerprint density at radius 3 is 1.98 bits per heavy atom. The van der Waals surface area contributed by atoms with Crippen molar-refractivity contribution in [2.24, 2.45) is 5.73 Å². The van der Waals surface area contributed by atoms with Crippen molar-refractivity contribution >= 4 is 23.6 Å². The van der Waals surface area contributed by atoms with E-state index in [9.17, 15) is 29.4 Å². The number of hydrazine groups is 1. The molecule has 6 N–H and O–H groups in total. The highest BCUT2D eigenvalue weighted by Gasteiger charge is 2.27. The standard InChI is InChI=1S/C36H47N5O6/c1-4-16-40(17-5-2)36(47)29-22-27(34(37)45)21-28(23-29)35(46)38-31(19-26-12-14-30(42)15-13-26)32(43)24-41(18-6-3)39-33(44)20-25-10-8-7-9-11-25/h7-15,21-23,31-32,42-43H,4-6,16-20,24H2,1-3H3,(H2,37,45)(H,38,46)(H,39,44). The zero-order valence-corrected chi connectivity index (χ0v) is 27.4. The summed E-state index contributed by atoms with van der Waals surface area (Å²) in [6, 6.07) is 19.0. The average molecular weight is 646 g/mol. The lowest BCUT2D eigenvalue weighted by molar-refractivity contribution is -0.126. The van der Waals surface area contributed by atoms with Crippen molar-refractivity contribution in [2.45, 2.75) is 65.0 Å². The summed E-state index contributed by atoms with van der Waals surface area (Å²) >= 11 is 0. The van der Waals surface area contributed by atoms with Crippen LogP contribution in [-0.4, -0.2) is 82.1 Å². The maximum Gasteiger partial charge on any atom is 0.253 e. The van der Waals surface area contributed by atoms with Gasteiger partial charge in [0.15, 0.2) is 0 Å². The Kier molecular flexibility index (Phi) is 14.4. The number of amides is 4. The second kappa shape index (κ2) is 18.4. The summed E-state index contributed by atoms with van der Waals surface area (Å²) in [6.07, 6.45) is 1.38. The Hall–Kier alpha value is -4.74. The number of benzene rings is 3. The normalized spacial score (nSPS) is 12.3. The second-order valence-corrected chi connectivity index (χ2v) is 11.6. The zero-order valence-electron chi connectivity index (χ0n) is 27.4. The molecule has 0 radical (unpaired) electrons. The molecule has 0 aliphatic heterocycles. The van der Waals surface area contributed by atoms with Gasteiger partial charge in [0.05, 0.1) is 18.6 Å². The molecule has 3 aromatic rings. The Morgan fingerprint density at radius 1 is 0.787 bits per heavy atom. The third-order valence-corrected chi connectivity index (χ3v) is 7.57. The van der Waals surface area contributed by atoms with E-state index in [2.05, 4.69) is 10.7 Å². The number of rotatable bonds is 18. The molecule has 0 aromatic heterocycles. The van der Waals surface area contributed by atoms with E-state index < -0.39 is 24.0 Å². The van der Waals surface area contributed by atoms with E-state index in [-0.39, 0.29) is 53.6 Å². The maximum absolute atomic E-state index is 13.7. The van der Waals surface area contributed by atoms with Crippen LogP contribution >= 0.6 is 0 Å². The molecule has 11 heteroatoms. The van der Waals surface area contributed by atoms with Crippen molar-refractivity contribution in [3.63, 3.8) is 0 Å². The van der Waals surface area contributed by atoms with Gasteiger partial charge in [-0.1, -0.05) is 63.2 Å². The SMILES string of the molecule is CCCN(CC(O)C(Cc1ccc(O)cc1)NC(=O)c1cc(C(N)=O)cc(C(=O)N(CCC)CCC)c1)NC(=O)Cc1ccccc1. The van der Waals surface area contributed by atoms with Crippen LogP contribution in [0, 0.1) is 0 Å². The van der Waals surface area contributed by atoms with Crippen LogP contribution in [0.4, 0.5) is 0 Å². The van der Waals surface area contributed by atoms with E-state index in [1.54, 1.807) is 22.0 Å². The molecule has 0 heterocycles. The van der Waals surface area contributed by atoms with Crippen molar-refractivity contribution < 1.29 is 29.4 Å². The van der Waals surface area contributed by atoms with Crippen LogP contribution in [0.25, 0.3) is 0 Å². The van der Waals surface area contributed by atoms with Gasteiger partial charge in [0.1, 0.15) is 5.75 Å². The average Bonchev–Trinajstić information content (AvgIpc) is 3.05. The van der Waals surface area contributed by atoms with Crippen molar-refractivity contribution in [1.29, 1.82) is 0 Å². The maximum atomic E-state index is 13.7. The lowest BCUT2D eigenvalue weighted by Crippen LogP contribution is -2.53. The molecule has 3 rings (SSSR count). The van der Waals surface area contributed by atoms with Gasteiger partial charge in [-0.05, 0) is 67.1 Å². The summed E-state index contributed by atoms with van der Waals surface area (Å²) in [5.41, 5.74) is 10.3. The molecule has 0 fully saturated rings. The molecule has 0 aliphatic carbocycles. The monoisotopic (exact) mass is 645 g/mol. The zero-order chi connectivity index (χ0) is 34.3. The lowest BCUT2D eigenvalue weighted by atomic mass is 9.99. The first kappa shape index (κ1) is 36.7. The van der Waals surface area contributed by atoms with Gasteiger partial charge in [0.25, 0.3) is 11.8 Å². The fraction of sp³-hybridized carbons (Fsp3) is 0.389. The molecule has 0 saturated carbocycles. The Bertz CT molecular complexity index is 1470. The van der Waals surface area contributed by atoms with Crippen molar-refractivity contribution in [3.8, 4) is 5.75 Å². The molecule has 0 aliphatic rings. The summed E-state index contributed by atoms with van der Waals surface area (Å²) in [7, 11) is 0. The van der Waals surface area contributed by atoms with E-state index in [0.29, 0.717) is 26.1 Å². The highest BCUT2D eigenvalue weighted by molar-refractivity contribution is 6.04. The molecule has 4 amide bonds. The van der Waals surface area contributed by atoms with E-state index >= 15 is 0 Å². The minimum Gasteiger partial charge on any atom is -0.508 e. The summed E-state index contributed by atoms with van der Waals surface area (Å²) < 4.78 is 0. The van der Waals surface area contributed by atoms with Gasteiger partial charge >= 0.3 is 0 Å². The van der Waals surface area contributed by atoms with Crippen molar-refractivity contribution in [1.82, 2.24) is 20.7 Å². The van der Waals surface area contributed by atoms with E-state index in [1.807, 2.05) is 51.1 Å².